The molecule has 0 amide bonds. The average Bonchev–Trinajstić information content (AvgIpc) is 2.76. The Morgan fingerprint density at radius 3 is 2.32 bits per heavy atom. The van der Waals surface area contributed by atoms with Crippen LogP contribution in [0, 0.1) is 5.41 Å². The fraction of sp³-hybridized carbons (Fsp3) is 0. The molecule has 2 heterocycles. The number of fused-ring (bicyclic) bond motifs is 2. The summed E-state index contributed by atoms with van der Waals surface area (Å²) in [6.45, 7) is 0. The Labute approximate surface area is 154 Å². The number of nitrogens with zero attached hydrogens (tertiary/aromatic N) is 1. The molecule has 0 unspecified atom stereocenters. The number of anilines is 1. The Balaban J connectivity index is 0.000000173. The van der Waals surface area contributed by atoms with Crippen LogP contribution in [0.5, 0.6) is 0 Å². The maximum atomic E-state index is 7.58. The van der Waals surface area contributed by atoms with E-state index in [-0.39, 0.29) is 0 Å². The lowest BCUT2D eigenvalue weighted by atomic mass is 10.2. The molecule has 0 radical (unpaired) electrons. The number of nitrogens with one attached hydrogen (secondary N) is 1. The molecule has 0 fully saturated rings. The molecule has 2 aliphatic rings. The van der Waals surface area contributed by atoms with Gasteiger partial charge in [0.25, 0.3) is 0 Å². The van der Waals surface area contributed by atoms with Crippen LogP contribution in [0.25, 0.3) is 20.8 Å². The third-order valence-electron chi connectivity index (χ3n) is 3.27. The minimum Gasteiger partial charge on any atom is -0.399 e. The minimum atomic E-state index is 0.508. The van der Waals surface area contributed by atoms with E-state index < -0.39 is 0 Å². The highest BCUT2D eigenvalue weighted by atomic mass is 32.1. The Morgan fingerprint density at radius 1 is 0.840 bits per heavy atom. The maximum absolute atomic E-state index is 7.58. The molecule has 5 heteroatoms. The minimum absolute atomic E-state index is 0.508. The van der Waals surface area contributed by atoms with Crippen molar-refractivity contribution in [3.63, 3.8) is 0 Å². The van der Waals surface area contributed by atoms with Gasteiger partial charge in [0.1, 0.15) is 0 Å². The van der Waals surface area contributed by atoms with E-state index in [1.54, 1.807) is 28.7 Å². The molecule has 1 aromatic carbocycles. The molecule has 3 nitrogen and oxygen atoms in total. The number of nitrogen functional groups attached to an aromatic ring is 1. The quantitative estimate of drug-likeness (QED) is 0.327. The third kappa shape index (κ3) is 4.86. The number of hydrogen-bond donors (Lipinski definition) is 2. The molecule has 4 rings (SSSR count). The van der Waals surface area contributed by atoms with Crippen molar-refractivity contribution < 1.29 is 0 Å². The van der Waals surface area contributed by atoms with Crippen molar-refractivity contribution >= 4 is 38.6 Å². The van der Waals surface area contributed by atoms with Gasteiger partial charge in [-0.2, -0.15) is 11.3 Å². The average molecular weight is 364 g/mol. The van der Waals surface area contributed by atoms with Gasteiger partial charge in [0.05, 0.1) is 26.1 Å². The van der Waals surface area contributed by atoms with Crippen LogP contribution in [0.2, 0.25) is 0 Å². The van der Waals surface area contributed by atoms with Gasteiger partial charge in [-0.1, -0.05) is 36.4 Å². The fourth-order valence-corrected chi connectivity index (χ4v) is 3.63. The van der Waals surface area contributed by atoms with Gasteiger partial charge in [-0.05, 0) is 47.2 Å². The second-order valence-corrected chi connectivity index (χ2v) is 7.09. The van der Waals surface area contributed by atoms with Gasteiger partial charge in [0, 0.05) is 5.69 Å². The van der Waals surface area contributed by atoms with Crippen LogP contribution in [0.1, 0.15) is 0 Å². The molecule has 1 aliphatic heterocycles. The standard InChI is InChI=1S/C12H9N3S.C8H8S/c13-7-1-3-9-11(5-7)16-12-6-8(14)2-4-10(12)15-9;1-2-4-6-8-9-7-5-3-1/h1-6,13H,14H2;1-8H. The van der Waals surface area contributed by atoms with Gasteiger partial charge in [0.15, 0.2) is 0 Å². The Morgan fingerprint density at radius 2 is 1.56 bits per heavy atom. The van der Waals surface area contributed by atoms with E-state index in [2.05, 4.69) is 4.98 Å². The third-order valence-corrected chi connectivity index (χ3v) is 5.00. The summed E-state index contributed by atoms with van der Waals surface area (Å²) in [6, 6.07) is 23.2. The molecule has 1 aromatic heterocycles. The summed E-state index contributed by atoms with van der Waals surface area (Å²) in [5, 5.41) is 12.2. The van der Waals surface area contributed by atoms with Crippen LogP contribution in [-0.2, 0) is 0 Å². The highest BCUT2D eigenvalue weighted by Crippen LogP contribution is 2.30. The zero-order chi connectivity index (χ0) is 17.5. The van der Waals surface area contributed by atoms with Crippen LogP contribution in [0.15, 0.2) is 83.6 Å². The summed E-state index contributed by atoms with van der Waals surface area (Å²) in [4.78, 5) is 5.55. The van der Waals surface area contributed by atoms with Crippen LogP contribution in [0.3, 0.4) is 0 Å². The fourth-order valence-electron chi connectivity index (χ4n) is 2.12. The van der Waals surface area contributed by atoms with Crippen molar-refractivity contribution in [3.8, 4) is 10.6 Å². The van der Waals surface area contributed by atoms with Crippen LogP contribution < -0.4 is 11.1 Å². The first kappa shape index (κ1) is 17.1. The van der Waals surface area contributed by atoms with E-state index >= 15 is 0 Å². The molecule has 0 bridgehead atoms. The smallest absolute Gasteiger partial charge is 0.0811 e. The number of nitrogens with two attached hydrogens (primary N) is 1. The topological polar surface area (TPSA) is 62.8 Å². The first-order valence-corrected chi connectivity index (χ1v) is 9.43. The first-order valence-electron chi connectivity index (χ1n) is 7.67. The Kier molecular flexibility index (Phi) is 5.72. The molecular weight excluding hydrogens is 346 g/mol. The van der Waals surface area contributed by atoms with E-state index in [1.165, 1.54) is 0 Å². The lowest BCUT2D eigenvalue weighted by Gasteiger charge is -2.05. The SMILES string of the molecule is N=c1ccc2nc3ccc(N)cc3sc-2c1.c1ccccsccc1. The summed E-state index contributed by atoms with van der Waals surface area (Å²) >= 11 is 3.30. The van der Waals surface area contributed by atoms with E-state index in [1.807, 2.05) is 77.5 Å². The summed E-state index contributed by atoms with van der Waals surface area (Å²) in [7, 11) is 0. The van der Waals surface area contributed by atoms with Gasteiger partial charge >= 0.3 is 0 Å². The van der Waals surface area contributed by atoms with Gasteiger partial charge < -0.3 is 11.1 Å². The normalized spacial score (nSPS) is 9.92. The number of aromatic nitrogens is 1. The highest BCUT2D eigenvalue weighted by Gasteiger charge is 2.06. The number of hydrogen-bond acceptors (Lipinski definition) is 5. The molecule has 1 aliphatic carbocycles. The molecule has 0 spiro atoms. The molecular formula is C20H17N3S2. The zero-order valence-electron chi connectivity index (χ0n) is 13.4. The van der Waals surface area contributed by atoms with Crippen LogP contribution >= 0.6 is 22.7 Å². The van der Waals surface area contributed by atoms with Gasteiger partial charge in [-0.15, -0.1) is 11.3 Å². The molecule has 0 saturated heterocycles. The largest absolute Gasteiger partial charge is 0.399 e. The van der Waals surface area contributed by atoms with Crippen molar-refractivity contribution in [2.24, 2.45) is 0 Å². The second-order valence-electron chi connectivity index (χ2n) is 5.19. The Hall–Kier alpha value is -2.76. The molecule has 25 heavy (non-hydrogen) atoms. The van der Waals surface area contributed by atoms with Crippen molar-refractivity contribution in [2.45, 2.75) is 0 Å². The molecule has 0 saturated carbocycles. The number of benzene rings is 2. The number of rotatable bonds is 0. The molecule has 0 atom stereocenters. The van der Waals surface area contributed by atoms with E-state index in [0.717, 1.165) is 26.5 Å². The van der Waals surface area contributed by atoms with Crippen molar-refractivity contribution in [3.05, 3.63) is 88.9 Å². The first-order chi connectivity index (χ1) is 12.2. The lowest BCUT2D eigenvalue weighted by Crippen LogP contribution is -1.98. The monoisotopic (exact) mass is 363 g/mol. The molecule has 3 N–H and O–H groups in total. The van der Waals surface area contributed by atoms with Crippen molar-refractivity contribution in [1.82, 2.24) is 4.98 Å². The predicted octanol–water partition coefficient (Wildman–Crippen LogP) is 5.34. The second kappa shape index (κ2) is 8.37. The van der Waals surface area contributed by atoms with Crippen LogP contribution in [-0.4, -0.2) is 4.98 Å². The van der Waals surface area contributed by atoms with Crippen molar-refractivity contribution in [1.29, 1.82) is 5.41 Å². The summed E-state index contributed by atoms with van der Waals surface area (Å²) < 4.78 is 1.05. The zero-order valence-corrected chi connectivity index (χ0v) is 15.1. The predicted molar refractivity (Wildman–Crippen MR) is 108 cm³/mol. The van der Waals surface area contributed by atoms with Crippen molar-refractivity contribution in [2.75, 3.05) is 5.73 Å². The summed E-state index contributed by atoms with van der Waals surface area (Å²) in [5.74, 6) is 0. The van der Waals surface area contributed by atoms with Crippen LogP contribution in [0.4, 0.5) is 5.69 Å². The van der Waals surface area contributed by atoms with E-state index in [0.29, 0.717) is 5.36 Å². The maximum Gasteiger partial charge on any atom is 0.0811 e. The van der Waals surface area contributed by atoms with E-state index in [9.17, 15) is 0 Å². The summed E-state index contributed by atoms with van der Waals surface area (Å²) in [5.41, 5.74) is 8.36. The van der Waals surface area contributed by atoms with Gasteiger partial charge in [-0.25, -0.2) is 4.98 Å². The van der Waals surface area contributed by atoms with Gasteiger partial charge in [-0.3, -0.25) is 0 Å². The molecule has 124 valence electrons. The highest BCUT2D eigenvalue weighted by molar-refractivity contribution is 7.21. The lowest BCUT2D eigenvalue weighted by molar-refractivity contribution is 1.27. The molecule has 2 aromatic rings. The van der Waals surface area contributed by atoms with E-state index in [4.69, 9.17) is 11.1 Å². The Bertz CT molecular complexity index is 976. The van der Waals surface area contributed by atoms with Gasteiger partial charge in [0.2, 0.25) is 0 Å². The summed E-state index contributed by atoms with van der Waals surface area (Å²) in [6.07, 6.45) is 0.